The van der Waals surface area contributed by atoms with Crippen LogP contribution in [0.2, 0.25) is 10.0 Å². The number of amides is 1. The number of anilines is 1. The number of carbonyl (C=O) groups is 1. The highest BCUT2D eigenvalue weighted by atomic mass is 79.9. The minimum atomic E-state index is -4.11. The smallest absolute Gasteiger partial charge is 0.264 e. The van der Waals surface area contributed by atoms with Crippen LogP contribution < -0.4 is 9.73 Å². The molecule has 0 radical (unpaired) electrons. The van der Waals surface area contributed by atoms with Crippen LogP contribution in [0.3, 0.4) is 0 Å². The number of carbonyl (C=O) groups excluding carboxylic acids is 1. The molecule has 0 unspecified atom stereocenters. The van der Waals surface area contributed by atoms with Crippen LogP contribution in [0.25, 0.3) is 0 Å². The van der Waals surface area contributed by atoms with Gasteiger partial charge in [0.15, 0.2) is 0 Å². The molecular formula is C22H18BrCl2N3O3S. The third-order valence-corrected chi connectivity index (χ3v) is 7.54. The zero-order valence-electron chi connectivity index (χ0n) is 16.8. The minimum absolute atomic E-state index is 0.0124. The van der Waals surface area contributed by atoms with E-state index in [4.69, 9.17) is 23.2 Å². The Kier molecular flexibility index (Phi) is 7.95. The van der Waals surface area contributed by atoms with Crippen molar-refractivity contribution in [1.29, 1.82) is 0 Å². The predicted molar refractivity (Wildman–Crippen MR) is 132 cm³/mol. The number of nitrogens with one attached hydrogen (secondary N) is 1. The second kappa shape index (κ2) is 10.5. The summed E-state index contributed by atoms with van der Waals surface area (Å²) in [6.45, 7) is 1.18. The summed E-state index contributed by atoms with van der Waals surface area (Å²) in [6, 6.07) is 19.7. The number of rotatable bonds is 7. The molecule has 0 bridgehead atoms. The van der Waals surface area contributed by atoms with Gasteiger partial charge >= 0.3 is 0 Å². The Morgan fingerprint density at radius 1 is 1.00 bits per heavy atom. The van der Waals surface area contributed by atoms with Crippen molar-refractivity contribution in [3.8, 4) is 0 Å². The molecule has 166 valence electrons. The molecule has 0 aliphatic rings. The van der Waals surface area contributed by atoms with Crippen LogP contribution in [0, 0.1) is 0 Å². The lowest BCUT2D eigenvalue weighted by Gasteiger charge is -2.25. The van der Waals surface area contributed by atoms with Crippen LogP contribution in [0.15, 0.2) is 87.3 Å². The molecule has 1 N–H and O–H groups in total. The van der Waals surface area contributed by atoms with Gasteiger partial charge in [-0.2, -0.15) is 5.10 Å². The van der Waals surface area contributed by atoms with Crippen LogP contribution in [0.1, 0.15) is 12.5 Å². The average molecular weight is 555 g/mol. The van der Waals surface area contributed by atoms with Crippen molar-refractivity contribution in [1.82, 2.24) is 5.43 Å². The van der Waals surface area contributed by atoms with Crippen LogP contribution in [0.5, 0.6) is 0 Å². The van der Waals surface area contributed by atoms with Crippen molar-refractivity contribution in [3.05, 3.63) is 92.9 Å². The SMILES string of the molecule is C/C(=N/NC(=O)CN(c1cccc(Cl)c1Cl)S(=O)(=O)c1ccccc1)c1ccc(Br)cc1. The lowest BCUT2D eigenvalue weighted by Crippen LogP contribution is -2.40. The zero-order chi connectivity index (χ0) is 23.3. The van der Waals surface area contributed by atoms with Gasteiger partial charge in [-0.15, -0.1) is 0 Å². The molecule has 0 fully saturated rings. The largest absolute Gasteiger partial charge is 0.271 e. The molecule has 10 heteroatoms. The van der Waals surface area contributed by atoms with Crippen molar-refractivity contribution >= 4 is 66.5 Å². The first kappa shape index (κ1) is 24.3. The van der Waals surface area contributed by atoms with Gasteiger partial charge < -0.3 is 0 Å². The summed E-state index contributed by atoms with van der Waals surface area (Å²) in [7, 11) is -4.11. The van der Waals surface area contributed by atoms with Gasteiger partial charge in [0, 0.05) is 4.47 Å². The normalized spacial score (nSPS) is 11.8. The standard InChI is InChI=1S/C22H18BrCl2N3O3S/c1-15(16-10-12-17(23)13-11-16)26-27-21(29)14-28(20-9-5-8-19(24)22(20)25)32(30,31)18-6-3-2-4-7-18/h2-13H,14H2,1H3,(H,27,29)/b26-15-. The third kappa shape index (κ3) is 5.69. The van der Waals surface area contributed by atoms with Crippen molar-refractivity contribution in [3.63, 3.8) is 0 Å². The first-order valence-corrected chi connectivity index (χ1v) is 12.3. The Morgan fingerprint density at radius 3 is 2.31 bits per heavy atom. The Hall–Kier alpha value is -2.39. The fourth-order valence-corrected chi connectivity index (χ4v) is 4.94. The van der Waals surface area contributed by atoms with Gasteiger partial charge in [0.05, 0.1) is 26.3 Å². The maximum Gasteiger partial charge on any atom is 0.264 e. The van der Waals surface area contributed by atoms with Gasteiger partial charge in [0.25, 0.3) is 15.9 Å². The van der Waals surface area contributed by atoms with Gasteiger partial charge in [-0.1, -0.05) is 75.5 Å². The Morgan fingerprint density at radius 2 is 1.66 bits per heavy atom. The zero-order valence-corrected chi connectivity index (χ0v) is 20.7. The molecule has 0 atom stereocenters. The average Bonchev–Trinajstić information content (AvgIpc) is 2.79. The third-order valence-electron chi connectivity index (χ3n) is 4.43. The Bertz CT molecular complexity index is 1250. The highest BCUT2D eigenvalue weighted by Gasteiger charge is 2.29. The maximum absolute atomic E-state index is 13.3. The number of hydrogen-bond acceptors (Lipinski definition) is 4. The van der Waals surface area contributed by atoms with E-state index in [1.807, 2.05) is 24.3 Å². The molecule has 0 aromatic heterocycles. The molecule has 3 aromatic carbocycles. The van der Waals surface area contributed by atoms with Crippen LogP contribution in [-0.4, -0.2) is 26.6 Å². The first-order valence-electron chi connectivity index (χ1n) is 9.31. The van der Waals surface area contributed by atoms with E-state index in [2.05, 4.69) is 26.5 Å². The number of hydrogen-bond donors (Lipinski definition) is 1. The molecule has 0 spiro atoms. The molecule has 3 aromatic rings. The van der Waals surface area contributed by atoms with E-state index in [1.54, 1.807) is 31.2 Å². The first-order chi connectivity index (χ1) is 15.2. The number of halogens is 3. The summed E-state index contributed by atoms with van der Waals surface area (Å²) in [5.74, 6) is -0.642. The molecule has 0 saturated carbocycles. The van der Waals surface area contributed by atoms with Gasteiger partial charge in [0.1, 0.15) is 6.54 Å². The monoisotopic (exact) mass is 553 g/mol. The highest BCUT2D eigenvalue weighted by Crippen LogP contribution is 2.35. The Balaban J connectivity index is 1.90. The highest BCUT2D eigenvalue weighted by molar-refractivity contribution is 9.10. The lowest BCUT2D eigenvalue weighted by molar-refractivity contribution is -0.119. The van der Waals surface area contributed by atoms with Crippen molar-refractivity contribution in [2.24, 2.45) is 5.10 Å². The van der Waals surface area contributed by atoms with E-state index in [0.29, 0.717) is 5.71 Å². The second-order valence-electron chi connectivity index (χ2n) is 6.64. The molecular weight excluding hydrogens is 537 g/mol. The summed E-state index contributed by atoms with van der Waals surface area (Å²) >= 11 is 15.7. The molecule has 6 nitrogen and oxygen atoms in total. The molecule has 0 heterocycles. The van der Waals surface area contributed by atoms with E-state index in [-0.39, 0.29) is 20.6 Å². The topological polar surface area (TPSA) is 78.8 Å². The quantitative estimate of drug-likeness (QED) is 0.310. The number of sulfonamides is 1. The van der Waals surface area contributed by atoms with Crippen LogP contribution in [-0.2, 0) is 14.8 Å². The number of nitrogens with zero attached hydrogens (tertiary/aromatic N) is 2. The van der Waals surface area contributed by atoms with Crippen molar-refractivity contribution in [2.75, 3.05) is 10.8 Å². The summed E-state index contributed by atoms with van der Waals surface area (Å²) in [5.41, 5.74) is 3.86. The molecule has 0 aliphatic heterocycles. The number of hydrazone groups is 1. The van der Waals surface area contributed by atoms with E-state index in [1.165, 1.54) is 24.3 Å². The van der Waals surface area contributed by atoms with Crippen LogP contribution >= 0.6 is 39.1 Å². The summed E-state index contributed by atoms with van der Waals surface area (Å²) < 4.78 is 28.5. The van der Waals surface area contributed by atoms with Gasteiger partial charge in [-0.05, 0) is 48.9 Å². The molecule has 3 rings (SSSR count). The van der Waals surface area contributed by atoms with Crippen molar-refractivity contribution in [2.45, 2.75) is 11.8 Å². The molecule has 0 saturated heterocycles. The van der Waals surface area contributed by atoms with Crippen LogP contribution in [0.4, 0.5) is 5.69 Å². The lowest BCUT2D eigenvalue weighted by atomic mass is 10.1. The summed E-state index contributed by atoms with van der Waals surface area (Å²) in [4.78, 5) is 12.7. The predicted octanol–water partition coefficient (Wildman–Crippen LogP) is 5.49. The maximum atomic E-state index is 13.3. The summed E-state index contributed by atoms with van der Waals surface area (Å²) in [5, 5.41) is 4.28. The van der Waals surface area contributed by atoms with E-state index >= 15 is 0 Å². The number of benzene rings is 3. The van der Waals surface area contributed by atoms with Gasteiger partial charge in [-0.25, -0.2) is 13.8 Å². The van der Waals surface area contributed by atoms with E-state index in [0.717, 1.165) is 14.3 Å². The molecule has 1 amide bonds. The minimum Gasteiger partial charge on any atom is -0.271 e. The second-order valence-corrected chi connectivity index (χ2v) is 10.2. The fourth-order valence-electron chi connectivity index (χ4n) is 2.77. The van der Waals surface area contributed by atoms with Gasteiger partial charge in [-0.3, -0.25) is 9.10 Å². The van der Waals surface area contributed by atoms with Gasteiger partial charge in [0.2, 0.25) is 0 Å². The van der Waals surface area contributed by atoms with E-state index < -0.39 is 22.5 Å². The Labute approximate surface area is 205 Å². The van der Waals surface area contributed by atoms with E-state index in [9.17, 15) is 13.2 Å². The fraction of sp³-hybridized carbons (Fsp3) is 0.0909. The molecule has 32 heavy (non-hydrogen) atoms. The molecule has 0 aliphatic carbocycles. The summed E-state index contributed by atoms with van der Waals surface area (Å²) in [6.07, 6.45) is 0. The van der Waals surface area contributed by atoms with Crippen molar-refractivity contribution < 1.29 is 13.2 Å².